The number of carboxylic acid groups (broad SMARTS) is 1. The first-order chi connectivity index (χ1) is 25.6. The van der Waals surface area contributed by atoms with E-state index >= 15 is 0 Å². The molecule has 0 saturated carbocycles. The second-order valence-corrected chi connectivity index (χ2v) is 14.3. The number of halogens is 5. The summed E-state index contributed by atoms with van der Waals surface area (Å²) >= 11 is 12.5. The number of rotatable bonds is 13. The average molecular weight is 802 g/mol. The second-order valence-electron chi connectivity index (χ2n) is 13.4. The van der Waals surface area contributed by atoms with Gasteiger partial charge in [0, 0.05) is 58.7 Å². The van der Waals surface area contributed by atoms with E-state index in [9.17, 15) is 32.3 Å². The number of urea groups is 1. The molecule has 2 heterocycles. The highest BCUT2D eigenvalue weighted by molar-refractivity contribution is 6.42. The van der Waals surface area contributed by atoms with Crippen molar-refractivity contribution in [3.8, 4) is 0 Å². The lowest BCUT2D eigenvalue weighted by Crippen LogP contribution is -2.60. The summed E-state index contributed by atoms with van der Waals surface area (Å²) in [6.07, 6.45) is 0.179. The molecule has 4 rings (SSSR count). The lowest BCUT2D eigenvalue weighted by atomic mass is 9.74. The number of hydrogen-bond donors (Lipinski definition) is 3. The topological polar surface area (TPSA) is 170 Å². The van der Waals surface area contributed by atoms with Crippen molar-refractivity contribution in [2.45, 2.75) is 70.5 Å². The van der Waals surface area contributed by atoms with Gasteiger partial charge in [-0.1, -0.05) is 59.6 Å². The molecule has 2 saturated heterocycles. The lowest BCUT2D eigenvalue weighted by Gasteiger charge is -2.43. The molecule has 12 nitrogen and oxygen atoms in total. The Balaban J connectivity index is 0.00000102. The molecule has 0 spiro atoms. The molecule has 298 valence electrons. The molecule has 2 atom stereocenters. The molecule has 2 aliphatic heterocycles. The third-order valence-corrected chi connectivity index (χ3v) is 10.1. The molecule has 2 fully saturated rings. The van der Waals surface area contributed by atoms with Crippen molar-refractivity contribution in [3.05, 3.63) is 69.7 Å². The molecular weight excluding hydrogens is 752 g/mol. The minimum absolute atomic E-state index is 0.0683. The molecule has 0 aliphatic carbocycles. The van der Waals surface area contributed by atoms with Gasteiger partial charge in [-0.15, -0.1) is 0 Å². The number of quaternary nitrogens is 1. The Labute approximate surface area is 323 Å². The van der Waals surface area contributed by atoms with Gasteiger partial charge in [0.25, 0.3) is 0 Å². The molecule has 0 radical (unpaired) electrons. The van der Waals surface area contributed by atoms with Crippen molar-refractivity contribution in [3.63, 3.8) is 0 Å². The Bertz CT molecular complexity index is 1580. The standard InChI is InChI=1S/C35H48Cl2N6O4.C2HF3O2/c1-2-39-33(46)35(24-26-10-5-3-6-11-26)15-9-17-43(25-35)32(45)30(23-27-13-14-28(36)29(37)22-27)40-34(47)42-20-18-41(19-21-42)31(44)12-7-4-8-16-38;3-2(4,5)1(6)7/h3,5-6,10-11,13-14,22,30H,2,4,7-9,12,15-21,23-25,38H2,1H3,(H,39,46)(H,40,47);(H,6,7)/t30-,35+;/m1./s1. The van der Waals surface area contributed by atoms with Crippen molar-refractivity contribution in [2.75, 3.05) is 52.4 Å². The number of alkyl halides is 3. The smallest absolute Gasteiger partial charge is 0.430 e. The van der Waals surface area contributed by atoms with E-state index in [0.29, 0.717) is 75.0 Å². The van der Waals surface area contributed by atoms with Gasteiger partial charge in [-0.05, 0) is 68.7 Å². The van der Waals surface area contributed by atoms with Crippen molar-refractivity contribution in [1.29, 1.82) is 0 Å². The van der Waals surface area contributed by atoms with Gasteiger partial charge < -0.3 is 41.0 Å². The van der Waals surface area contributed by atoms with Crippen LogP contribution in [0.4, 0.5) is 18.0 Å². The molecule has 2 aromatic rings. The second kappa shape index (κ2) is 21.1. The molecule has 2 aromatic carbocycles. The first kappa shape index (κ1) is 44.3. The maximum absolute atomic E-state index is 14.3. The molecule has 5 N–H and O–H groups in total. The summed E-state index contributed by atoms with van der Waals surface area (Å²) in [5.41, 5.74) is 4.84. The summed E-state index contributed by atoms with van der Waals surface area (Å²) in [6, 6.07) is 13.8. The molecule has 2 aliphatic rings. The number of carboxylic acids is 1. The zero-order valence-electron chi connectivity index (χ0n) is 30.4. The van der Waals surface area contributed by atoms with Crippen LogP contribution in [0.25, 0.3) is 0 Å². The molecule has 17 heteroatoms. The predicted octanol–water partition coefficient (Wildman–Crippen LogP) is 2.85. The predicted molar refractivity (Wildman–Crippen MR) is 195 cm³/mol. The van der Waals surface area contributed by atoms with Crippen LogP contribution in [0.3, 0.4) is 0 Å². The molecule has 0 unspecified atom stereocenters. The number of likely N-dealkylation sites (tertiary alicyclic amines) is 1. The lowest BCUT2D eigenvalue weighted by molar-refractivity contribution is -0.368. The number of carbonyl (C=O) groups is 5. The van der Waals surface area contributed by atoms with Gasteiger partial charge in [0.1, 0.15) is 12.0 Å². The van der Waals surface area contributed by atoms with Crippen LogP contribution in [0.1, 0.15) is 56.6 Å². The first-order valence-electron chi connectivity index (χ1n) is 18.1. The normalized spacial score (nSPS) is 17.9. The van der Waals surface area contributed by atoms with Crippen molar-refractivity contribution < 1.29 is 48.0 Å². The third-order valence-electron chi connectivity index (χ3n) is 9.40. The van der Waals surface area contributed by atoms with E-state index in [1.807, 2.05) is 42.2 Å². The molecule has 0 bridgehead atoms. The Hall–Kier alpha value is -4.08. The van der Waals surface area contributed by atoms with E-state index in [-0.39, 0.29) is 36.7 Å². The summed E-state index contributed by atoms with van der Waals surface area (Å²) in [4.78, 5) is 68.2. The quantitative estimate of drug-likeness (QED) is 0.263. The van der Waals surface area contributed by atoms with Crippen LogP contribution >= 0.6 is 23.2 Å². The number of benzene rings is 2. The summed E-state index contributed by atoms with van der Waals surface area (Å²) in [7, 11) is 0. The van der Waals surface area contributed by atoms with E-state index in [4.69, 9.17) is 33.1 Å². The molecule has 0 aromatic heterocycles. The van der Waals surface area contributed by atoms with E-state index in [1.165, 1.54) is 0 Å². The number of hydrogen-bond acceptors (Lipinski definition) is 6. The van der Waals surface area contributed by atoms with Gasteiger partial charge in [-0.3, -0.25) is 14.4 Å². The first-order valence-corrected chi connectivity index (χ1v) is 18.8. The van der Waals surface area contributed by atoms with E-state index in [0.717, 1.165) is 36.9 Å². The van der Waals surface area contributed by atoms with Crippen LogP contribution in [0, 0.1) is 5.41 Å². The Morgan fingerprint density at radius 1 is 0.889 bits per heavy atom. The SMILES string of the molecule is CCNC(=O)[C@]1(Cc2ccccc2)CCCN(C(=O)[C@@H](Cc2ccc(Cl)c(Cl)c2)NC(=O)N2CCN(C(=O)CCCCC[NH3+])CC2)C1.O=C([O-])C(F)(F)F. The number of amides is 5. The van der Waals surface area contributed by atoms with Gasteiger partial charge in [0.2, 0.25) is 17.7 Å². The summed E-state index contributed by atoms with van der Waals surface area (Å²) in [6.45, 7) is 5.65. The van der Waals surface area contributed by atoms with Gasteiger partial charge in [-0.25, -0.2) is 4.79 Å². The molecule has 54 heavy (non-hydrogen) atoms. The van der Waals surface area contributed by atoms with E-state index in [2.05, 4.69) is 16.4 Å². The van der Waals surface area contributed by atoms with Gasteiger partial charge in [0.15, 0.2) is 0 Å². The minimum Gasteiger partial charge on any atom is -0.542 e. The largest absolute Gasteiger partial charge is 0.542 e. The molecule has 5 amide bonds. The van der Waals surface area contributed by atoms with Crippen molar-refractivity contribution in [2.24, 2.45) is 5.41 Å². The Kier molecular flexibility index (Phi) is 17.3. The monoisotopic (exact) mass is 800 g/mol. The van der Waals surface area contributed by atoms with Gasteiger partial charge in [-0.2, -0.15) is 13.2 Å². The zero-order chi connectivity index (χ0) is 39.9. The highest BCUT2D eigenvalue weighted by Gasteiger charge is 2.44. The summed E-state index contributed by atoms with van der Waals surface area (Å²) in [5.74, 6) is -3.21. The van der Waals surface area contributed by atoms with Crippen LogP contribution in [-0.2, 0) is 32.0 Å². The van der Waals surface area contributed by atoms with E-state index < -0.39 is 23.6 Å². The fourth-order valence-electron chi connectivity index (χ4n) is 6.57. The number of carbonyl (C=O) groups excluding carboxylic acids is 5. The summed E-state index contributed by atoms with van der Waals surface area (Å²) < 4.78 is 31.5. The fraction of sp³-hybridized carbons (Fsp3) is 0.541. The number of piperazine rings is 1. The minimum atomic E-state index is -5.19. The van der Waals surface area contributed by atoms with Crippen molar-refractivity contribution >= 4 is 52.9 Å². The number of piperidine rings is 1. The Morgan fingerprint density at radius 2 is 1.54 bits per heavy atom. The number of nitrogens with zero attached hydrogens (tertiary/aromatic N) is 3. The van der Waals surface area contributed by atoms with E-state index in [1.54, 1.807) is 28.0 Å². The van der Waals surface area contributed by atoms with Gasteiger partial charge in [0.05, 0.1) is 22.0 Å². The average Bonchev–Trinajstić information content (AvgIpc) is 3.14. The summed E-state index contributed by atoms with van der Waals surface area (Å²) in [5, 5.41) is 15.6. The number of aliphatic carboxylic acids is 1. The zero-order valence-corrected chi connectivity index (χ0v) is 31.9. The van der Waals surface area contributed by atoms with Crippen LogP contribution in [0.2, 0.25) is 10.0 Å². The van der Waals surface area contributed by atoms with Crippen LogP contribution in [0.5, 0.6) is 0 Å². The molecular formula is C37H49Cl2F3N6O6. The fourth-order valence-corrected chi connectivity index (χ4v) is 6.90. The number of unbranched alkanes of at least 4 members (excludes halogenated alkanes) is 2. The van der Waals surface area contributed by atoms with Gasteiger partial charge >= 0.3 is 12.2 Å². The van der Waals surface area contributed by atoms with Crippen LogP contribution < -0.4 is 21.5 Å². The Morgan fingerprint density at radius 3 is 2.13 bits per heavy atom. The third kappa shape index (κ3) is 13.3. The number of nitrogens with one attached hydrogen (secondary N) is 2. The highest BCUT2D eigenvalue weighted by Crippen LogP contribution is 2.35. The van der Waals surface area contributed by atoms with Crippen LogP contribution in [0.15, 0.2) is 48.5 Å². The van der Waals surface area contributed by atoms with Crippen molar-refractivity contribution in [1.82, 2.24) is 25.3 Å². The maximum Gasteiger partial charge on any atom is 0.430 e. The maximum atomic E-state index is 14.3. The highest BCUT2D eigenvalue weighted by atomic mass is 35.5. The van der Waals surface area contributed by atoms with Crippen LogP contribution in [-0.4, -0.2) is 109 Å².